The van der Waals surface area contributed by atoms with E-state index in [-0.39, 0.29) is 6.04 Å². The molecule has 0 radical (unpaired) electrons. The highest BCUT2D eigenvalue weighted by Gasteiger charge is 2.19. The van der Waals surface area contributed by atoms with E-state index in [0.717, 1.165) is 47.5 Å². The van der Waals surface area contributed by atoms with Gasteiger partial charge in [0.15, 0.2) is 0 Å². The van der Waals surface area contributed by atoms with Crippen LogP contribution in [0.25, 0.3) is 0 Å². The normalized spacial score (nSPS) is 14.9. The van der Waals surface area contributed by atoms with Crippen LogP contribution < -0.4 is 10.5 Å². The second-order valence-electron chi connectivity index (χ2n) is 5.44. The van der Waals surface area contributed by atoms with E-state index in [1.807, 2.05) is 17.7 Å². The first-order chi connectivity index (χ1) is 10.1. The minimum Gasteiger partial charge on any atom is -0.493 e. The lowest BCUT2D eigenvalue weighted by atomic mass is 9.99. The van der Waals surface area contributed by atoms with Gasteiger partial charge in [0.2, 0.25) is 0 Å². The number of halogens is 1. The molecule has 0 spiro atoms. The molecule has 0 aliphatic carbocycles. The van der Waals surface area contributed by atoms with Crippen LogP contribution in [0.2, 0.25) is 0 Å². The molecule has 3 rings (SSSR count). The van der Waals surface area contributed by atoms with Crippen molar-refractivity contribution in [1.82, 2.24) is 9.78 Å². The first kappa shape index (κ1) is 14.6. The highest BCUT2D eigenvalue weighted by Crippen LogP contribution is 2.30. The quantitative estimate of drug-likeness (QED) is 0.922. The molecule has 1 aliphatic heterocycles. The Hall–Kier alpha value is -1.33. The number of nitrogens with two attached hydrogens (primary N) is 1. The number of aryl methyl sites for hydroxylation is 2. The predicted molar refractivity (Wildman–Crippen MR) is 86.6 cm³/mol. The molecule has 0 bridgehead atoms. The topological polar surface area (TPSA) is 53.1 Å². The Labute approximate surface area is 133 Å². The number of nitrogens with zero attached hydrogens (tertiary/aromatic N) is 2. The number of hydrogen-bond donors (Lipinski definition) is 1. The Balaban J connectivity index is 1.85. The number of fused-ring (bicyclic) bond motifs is 1. The molecule has 0 saturated carbocycles. The summed E-state index contributed by atoms with van der Waals surface area (Å²) in [5.41, 5.74) is 11.0. The molecule has 2 heterocycles. The summed E-state index contributed by atoms with van der Waals surface area (Å²) in [6, 6.07) is 6.26. The molecule has 5 heteroatoms. The number of hydrogen-bond acceptors (Lipinski definition) is 3. The van der Waals surface area contributed by atoms with Gasteiger partial charge in [-0.25, -0.2) is 0 Å². The Morgan fingerprint density at radius 3 is 3.05 bits per heavy atom. The zero-order chi connectivity index (χ0) is 15.0. The van der Waals surface area contributed by atoms with Gasteiger partial charge in [-0.05, 0) is 47.0 Å². The average Bonchev–Trinajstić information content (AvgIpc) is 3.05. The van der Waals surface area contributed by atoms with Gasteiger partial charge in [0.1, 0.15) is 5.75 Å². The molecular weight excluding hydrogens is 330 g/mol. The number of benzene rings is 1. The summed E-state index contributed by atoms with van der Waals surface area (Å²) >= 11 is 3.63. The Bertz CT molecular complexity index is 666. The molecule has 1 atom stereocenters. The third-order valence-corrected chi connectivity index (χ3v) is 5.04. The Kier molecular flexibility index (Phi) is 4.04. The van der Waals surface area contributed by atoms with E-state index in [9.17, 15) is 0 Å². The second-order valence-corrected chi connectivity index (χ2v) is 6.23. The highest BCUT2D eigenvalue weighted by molar-refractivity contribution is 9.10. The third kappa shape index (κ3) is 2.72. The van der Waals surface area contributed by atoms with Crippen LogP contribution in [-0.4, -0.2) is 16.4 Å². The summed E-state index contributed by atoms with van der Waals surface area (Å²) in [7, 11) is 0. The van der Waals surface area contributed by atoms with E-state index in [0.29, 0.717) is 0 Å². The van der Waals surface area contributed by atoms with Crippen LogP contribution in [0.3, 0.4) is 0 Å². The molecule has 1 aromatic carbocycles. The van der Waals surface area contributed by atoms with Crippen molar-refractivity contribution < 1.29 is 4.74 Å². The molecular formula is C16H20BrN3O. The van der Waals surface area contributed by atoms with Crippen LogP contribution >= 0.6 is 15.9 Å². The van der Waals surface area contributed by atoms with Crippen molar-refractivity contribution in [3.63, 3.8) is 0 Å². The fourth-order valence-electron chi connectivity index (χ4n) is 2.83. The standard InChI is InChI=1S/C16H20BrN3O/c1-3-20-14(16(17)10(2)19-20)9-13(18)11-4-5-15-12(8-11)6-7-21-15/h4-5,8,13H,3,6-7,9,18H2,1-2H3. The second kappa shape index (κ2) is 5.81. The van der Waals surface area contributed by atoms with Crippen LogP contribution in [-0.2, 0) is 19.4 Å². The van der Waals surface area contributed by atoms with Crippen LogP contribution in [0, 0.1) is 6.92 Å². The van der Waals surface area contributed by atoms with Gasteiger partial charge in [-0.15, -0.1) is 0 Å². The van der Waals surface area contributed by atoms with Crippen molar-refractivity contribution in [2.45, 2.75) is 39.3 Å². The molecule has 0 amide bonds. The molecule has 21 heavy (non-hydrogen) atoms. The fourth-order valence-corrected chi connectivity index (χ4v) is 3.27. The van der Waals surface area contributed by atoms with Crippen molar-refractivity contribution in [1.29, 1.82) is 0 Å². The molecule has 2 N–H and O–H groups in total. The van der Waals surface area contributed by atoms with E-state index < -0.39 is 0 Å². The van der Waals surface area contributed by atoms with E-state index in [1.54, 1.807) is 0 Å². The molecule has 0 fully saturated rings. The average molecular weight is 350 g/mol. The summed E-state index contributed by atoms with van der Waals surface area (Å²) < 4.78 is 8.64. The van der Waals surface area contributed by atoms with E-state index in [2.05, 4.69) is 40.1 Å². The van der Waals surface area contributed by atoms with Gasteiger partial charge in [-0.2, -0.15) is 5.10 Å². The zero-order valence-corrected chi connectivity index (χ0v) is 14.0. The van der Waals surface area contributed by atoms with Gasteiger partial charge >= 0.3 is 0 Å². The van der Waals surface area contributed by atoms with Crippen LogP contribution in [0.4, 0.5) is 0 Å². The van der Waals surface area contributed by atoms with E-state index in [1.165, 1.54) is 11.3 Å². The van der Waals surface area contributed by atoms with Gasteiger partial charge in [0, 0.05) is 25.4 Å². The summed E-state index contributed by atoms with van der Waals surface area (Å²) in [6.45, 7) is 5.74. The Morgan fingerprint density at radius 2 is 2.29 bits per heavy atom. The zero-order valence-electron chi connectivity index (χ0n) is 12.4. The van der Waals surface area contributed by atoms with Crippen molar-refractivity contribution in [2.24, 2.45) is 5.73 Å². The maximum Gasteiger partial charge on any atom is 0.122 e. The number of ether oxygens (including phenoxy) is 1. The van der Waals surface area contributed by atoms with Crippen molar-refractivity contribution in [3.05, 3.63) is 45.2 Å². The summed E-state index contributed by atoms with van der Waals surface area (Å²) in [4.78, 5) is 0. The highest BCUT2D eigenvalue weighted by atomic mass is 79.9. The minimum atomic E-state index is -0.0337. The van der Waals surface area contributed by atoms with Gasteiger partial charge in [0.25, 0.3) is 0 Å². The van der Waals surface area contributed by atoms with Crippen molar-refractivity contribution in [3.8, 4) is 5.75 Å². The first-order valence-electron chi connectivity index (χ1n) is 7.33. The molecule has 2 aromatic rings. The van der Waals surface area contributed by atoms with E-state index >= 15 is 0 Å². The molecule has 0 saturated heterocycles. The largest absolute Gasteiger partial charge is 0.493 e. The number of rotatable bonds is 4. The SMILES string of the molecule is CCn1nc(C)c(Br)c1CC(N)c1ccc2c(c1)CCO2. The van der Waals surface area contributed by atoms with Crippen LogP contribution in [0.5, 0.6) is 5.75 Å². The van der Waals surface area contributed by atoms with Gasteiger partial charge in [-0.1, -0.05) is 12.1 Å². The summed E-state index contributed by atoms with van der Waals surface area (Å²) in [6.07, 6.45) is 1.75. The maximum absolute atomic E-state index is 6.42. The lowest BCUT2D eigenvalue weighted by Crippen LogP contribution is -2.16. The fraction of sp³-hybridized carbons (Fsp3) is 0.438. The van der Waals surface area contributed by atoms with Gasteiger partial charge in [-0.3, -0.25) is 4.68 Å². The maximum atomic E-state index is 6.42. The summed E-state index contributed by atoms with van der Waals surface area (Å²) in [5, 5.41) is 4.53. The molecule has 4 nitrogen and oxygen atoms in total. The third-order valence-electron chi connectivity index (χ3n) is 4.01. The molecule has 112 valence electrons. The summed E-state index contributed by atoms with van der Waals surface area (Å²) in [5.74, 6) is 1.00. The van der Waals surface area contributed by atoms with Crippen molar-refractivity contribution >= 4 is 15.9 Å². The van der Waals surface area contributed by atoms with Gasteiger partial charge < -0.3 is 10.5 Å². The monoisotopic (exact) mass is 349 g/mol. The van der Waals surface area contributed by atoms with Crippen LogP contribution in [0.1, 0.15) is 35.5 Å². The van der Waals surface area contributed by atoms with E-state index in [4.69, 9.17) is 10.5 Å². The Morgan fingerprint density at radius 1 is 1.48 bits per heavy atom. The number of aromatic nitrogens is 2. The lowest BCUT2D eigenvalue weighted by molar-refractivity contribution is 0.357. The molecule has 1 aromatic heterocycles. The molecule has 1 aliphatic rings. The predicted octanol–water partition coefficient (Wildman–Crippen LogP) is 3.15. The molecule has 1 unspecified atom stereocenters. The lowest BCUT2D eigenvalue weighted by Gasteiger charge is -2.14. The van der Waals surface area contributed by atoms with Crippen molar-refractivity contribution in [2.75, 3.05) is 6.61 Å². The van der Waals surface area contributed by atoms with Gasteiger partial charge in [0.05, 0.1) is 22.5 Å². The smallest absolute Gasteiger partial charge is 0.122 e. The minimum absolute atomic E-state index is 0.0337. The van der Waals surface area contributed by atoms with Crippen LogP contribution in [0.15, 0.2) is 22.7 Å². The first-order valence-corrected chi connectivity index (χ1v) is 8.12.